The Kier molecular flexibility index (Phi) is 7.33. The van der Waals surface area contributed by atoms with Gasteiger partial charge >= 0.3 is 11.8 Å². The summed E-state index contributed by atoms with van der Waals surface area (Å²) in [6.45, 7) is 1.71. The third-order valence-corrected chi connectivity index (χ3v) is 7.29. The van der Waals surface area contributed by atoms with Crippen molar-refractivity contribution in [2.45, 2.75) is 6.92 Å². The molecule has 4 aromatic rings. The van der Waals surface area contributed by atoms with Gasteiger partial charge in [0.15, 0.2) is 23.3 Å². The van der Waals surface area contributed by atoms with Crippen LogP contribution in [0.3, 0.4) is 0 Å². The van der Waals surface area contributed by atoms with Crippen molar-refractivity contribution < 1.29 is 41.5 Å². The van der Waals surface area contributed by atoms with Crippen LogP contribution in [0, 0.1) is 30.2 Å². The zero-order valence-corrected chi connectivity index (χ0v) is 23.2. The topological polar surface area (TPSA) is 90.4 Å². The number of hydrogen-bond donors (Lipinski definition) is 0. The van der Waals surface area contributed by atoms with Gasteiger partial charge in [0.2, 0.25) is 5.36 Å². The standard InChI is InChI=1S/C35H19F4NO5/c1-18-12-14-22-24(16-18)45-25-17-21(40(33(41)19-8-4-2-5-9-19)34(42)20-10-6-3-7-11-20)13-15-23(25)26(22)27-28(35(43)44)30(37)32(39)31(38)29(27)36/h2-17H,1H3. The van der Waals surface area contributed by atoms with E-state index in [9.17, 15) is 32.7 Å². The average Bonchev–Trinajstić information content (AvgIpc) is 3.05. The number of carbonyl (C=O) groups is 3. The lowest BCUT2D eigenvalue weighted by Crippen LogP contribution is -2.40. The molecule has 0 N–H and O–H groups in total. The maximum Gasteiger partial charge on any atom is 0.428 e. The quantitative estimate of drug-likeness (QED) is 0.0622. The van der Waals surface area contributed by atoms with Crippen LogP contribution in [-0.2, 0) is 0 Å². The minimum atomic E-state index is -2.31. The largest absolute Gasteiger partial charge is 0.545 e. The molecule has 0 fully saturated rings. The number of aryl methyl sites for hydroxylation is 1. The molecule has 0 aromatic heterocycles. The van der Waals surface area contributed by atoms with Gasteiger partial charge in [-0.05, 0) is 48.9 Å². The van der Waals surface area contributed by atoms with Crippen molar-refractivity contribution >= 4 is 28.8 Å². The molecule has 0 bridgehead atoms. The van der Waals surface area contributed by atoms with Crippen LogP contribution in [0.15, 0.2) is 101 Å². The lowest BCUT2D eigenvalue weighted by molar-refractivity contribution is -0.255. The van der Waals surface area contributed by atoms with E-state index in [1.165, 1.54) is 54.6 Å². The first-order valence-corrected chi connectivity index (χ1v) is 13.4. The Morgan fingerprint density at radius 3 is 1.82 bits per heavy atom. The minimum absolute atomic E-state index is 0.0176. The van der Waals surface area contributed by atoms with Gasteiger partial charge in [-0.3, -0.25) is 0 Å². The summed E-state index contributed by atoms with van der Waals surface area (Å²) in [5, 5.41) is 12.1. The van der Waals surface area contributed by atoms with E-state index in [-0.39, 0.29) is 44.3 Å². The van der Waals surface area contributed by atoms with E-state index in [0.29, 0.717) is 5.56 Å². The first-order valence-electron chi connectivity index (χ1n) is 13.4. The van der Waals surface area contributed by atoms with Crippen LogP contribution in [0.5, 0.6) is 0 Å². The molecule has 45 heavy (non-hydrogen) atoms. The molecule has 1 heterocycles. The summed E-state index contributed by atoms with van der Waals surface area (Å²) < 4.78 is 66.1. The van der Waals surface area contributed by atoms with Crippen molar-refractivity contribution in [3.63, 3.8) is 0 Å². The van der Waals surface area contributed by atoms with Gasteiger partial charge in [0.1, 0.15) is 11.3 Å². The second kappa shape index (κ2) is 11.3. The normalized spacial score (nSPS) is 11.1. The third kappa shape index (κ3) is 4.96. The van der Waals surface area contributed by atoms with Gasteiger partial charge in [0, 0.05) is 33.7 Å². The summed E-state index contributed by atoms with van der Waals surface area (Å²) in [5.41, 5.74) is -1.93. The predicted molar refractivity (Wildman–Crippen MR) is 154 cm³/mol. The first-order chi connectivity index (χ1) is 21.6. The highest BCUT2D eigenvalue weighted by atomic mass is 19.2. The molecule has 0 unspecified atom stereocenters. The van der Waals surface area contributed by atoms with E-state index >= 15 is 4.39 Å². The summed E-state index contributed by atoms with van der Waals surface area (Å²) in [5.74, 6) is -12.4. The highest BCUT2D eigenvalue weighted by Crippen LogP contribution is 2.43. The molecule has 6 rings (SSSR count). The monoisotopic (exact) mass is 609 g/mol. The number of nitrogens with zero attached hydrogens (tertiary/aromatic N) is 1. The van der Waals surface area contributed by atoms with Crippen molar-refractivity contribution in [3.8, 4) is 22.5 Å². The van der Waals surface area contributed by atoms with E-state index < -0.39 is 52.2 Å². The minimum Gasteiger partial charge on any atom is -0.545 e. The summed E-state index contributed by atoms with van der Waals surface area (Å²) in [6.07, 6.45) is 0. The van der Waals surface area contributed by atoms with Gasteiger partial charge in [0.05, 0.1) is 23.2 Å². The number of carboxylic acid groups (broad SMARTS) is 1. The molecule has 0 atom stereocenters. The molecule has 2 aliphatic rings. The van der Waals surface area contributed by atoms with Crippen molar-refractivity contribution in [3.05, 3.63) is 148 Å². The number of carbonyl (C=O) groups excluding carboxylic acids is 3. The van der Waals surface area contributed by atoms with Crippen LogP contribution in [0.25, 0.3) is 33.4 Å². The van der Waals surface area contributed by atoms with Crippen molar-refractivity contribution in [2.24, 2.45) is 0 Å². The van der Waals surface area contributed by atoms with Gasteiger partial charge in [-0.15, -0.1) is 0 Å². The van der Waals surface area contributed by atoms with Gasteiger partial charge < -0.3 is 14.3 Å². The van der Waals surface area contributed by atoms with E-state index in [2.05, 4.69) is 0 Å². The zero-order valence-electron chi connectivity index (χ0n) is 23.2. The fraction of sp³-hybridized carbons (Fsp3) is 0.0286. The molecule has 0 saturated heterocycles. The van der Waals surface area contributed by atoms with Gasteiger partial charge in [-0.1, -0.05) is 53.1 Å². The molecule has 222 valence electrons. The Bertz CT molecular complexity index is 2170. The molecule has 0 saturated carbocycles. The summed E-state index contributed by atoms with van der Waals surface area (Å²) in [6, 6.07) is 24.4. The Balaban J connectivity index is 1.75. The smallest absolute Gasteiger partial charge is 0.428 e. The summed E-state index contributed by atoms with van der Waals surface area (Å²) in [7, 11) is 0. The van der Waals surface area contributed by atoms with E-state index in [0.717, 1.165) is 4.58 Å². The van der Waals surface area contributed by atoms with Gasteiger partial charge in [-0.25, -0.2) is 27.2 Å². The first kappa shape index (κ1) is 29.2. The fourth-order valence-corrected chi connectivity index (χ4v) is 5.20. The van der Waals surface area contributed by atoms with Crippen LogP contribution < -0.4 is 15.0 Å². The van der Waals surface area contributed by atoms with Gasteiger partial charge in [0.25, 0.3) is 0 Å². The number of imide groups is 1. The van der Waals surface area contributed by atoms with Crippen LogP contribution >= 0.6 is 0 Å². The molecular formula is C35H19F4NO5. The number of fused-ring (bicyclic) bond motifs is 2. The maximum absolute atomic E-state index is 15.5. The predicted octanol–water partition coefficient (Wildman–Crippen LogP) is 5.89. The molecule has 1 aliphatic carbocycles. The zero-order chi connectivity index (χ0) is 32.0. The molecule has 0 radical (unpaired) electrons. The van der Waals surface area contributed by atoms with Crippen LogP contribution in [0.1, 0.15) is 36.6 Å². The molecule has 0 spiro atoms. The Morgan fingerprint density at radius 2 is 1.24 bits per heavy atom. The van der Waals surface area contributed by atoms with Gasteiger partial charge in [-0.2, -0.15) is 0 Å². The molecule has 1 aliphatic heterocycles. The Hall–Kier alpha value is -5.90. The van der Waals surface area contributed by atoms with Crippen molar-refractivity contribution in [1.82, 2.24) is 4.58 Å². The summed E-state index contributed by atoms with van der Waals surface area (Å²) in [4.78, 5) is 39.5. The van der Waals surface area contributed by atoms with E-state index in [4.69, 9.17) is 4.42 Å². The van der Waals surface area contributed by atoms with Crippen LogP contribution in [0.2, 0.25) is 0 Å². The van der Waals surface area contributed by atoms with Crippen LogP contribution in [-0.4, -0.2) is 17.8 Å². The SMILES string of the molecule is Cc1ccc2c(-c3c(F)c(F)c(F)c(F)c3C(=O)[O-])c3ccc(=[N+](C(=O)c4ccccc4)C(=O)c4ccccc4)cc-3oc2c1. The lowest BCUT2D eigenvalue weighted by Gasteiger charge is -2.20. The number of rotatable bonds is 4. The number of hydrogen-bond acceptors (Lipinski definition) is 5. The number of carboxylic acids is 1. The number of amides is 2. The molecular weight excluding hydrogens is 590 g/mol. The lowest BCUT2D eigenvalue weighted by atomic mass is 9.89. The molecule has 6 nitrogen and oxygen atoms in total. The molecule has 4 aromatic carbocycles. The summed E-state index contributed by atoms with van der Waals surface area (Å²) >= 11 is 0. The number of benzene rings is 5. The van der Waals surface area contributed by atoms with E-state index in [1.54, 1.807) is 49.4 Å². The molecule has 2 amide bonds. The van der Waals surface area contributed by atoms with Crippen LogP contribution in [0.4, 0.5) is 17.6 Å². The second-order valence-electron chi connectivity index (χ2n) is 10.1. The maximum atomic E-state index is 15.5. The highest BCUT2D eigenvalue weighted by Gasteiger charge is 2.33. The average molecular weight is 610 g/mol. The van der Waals surface area contributed by atoms with Crippen molar-refractivity contribution in [1.29, 1.82) is 0 Å². The fourth-order valence-electron chi connectivity index (χ4n) is 5.20. The highest BCUT2D eigenvalue weighted by molar-refractivity contribution is 6.12. The second-order valence-corrected chi connectivity index (χ2v) is 10.1. The third-order valence-electron chi connectivity index (χ3n) is 7.29. The molecule has 10 heteroatoms. The number of halogens is 4. The van der Waals surface area contributed by atoms with Crippen molar-refractivity contribution in [2.75, 3.05) is 0 Å². The van der Waals surface area contributed by atoms with E-state index in [1.807, 2.05) is 0 Å². The Morgan fingerprint density at radius 1 is 0.667 bits per heavy atom. The Labute approximate surface area is 252 Å². The number of aromatic carboxylic acids is 1.